The van der Waals surface area contributed by atoms with E-state index in [1.807, 2.05) is 11.8 Å². The van der Waals surface area contributed by atoms with Crippen LogP contribution in [0.5, 0.6) is 0 Å². The molecule has 1 heterocycles. The Hall–Kier alpha value is -1.06. The molecule has 1 rings (SSSR count). The van der Waals surface area contributed by atoms with E-state index in [9.17, 15) is 9.59 Å². The van der Waals surface area contributed by atoms with Crippen molar-refractivity contribution in [2.45, 2.75) is 59.4 Å². The molecule has 1 aliphatic rings. The Balaban J connectivity index is 0.000000325. The summed E-state index contributed by atoms with van der Waals surface area (Å²) in [5.74, 6) is -0.545. The molecule has 1 fully saturated rings. The first-order valence-electron chi connectivity index (χ1n) is 6.46. The van der Waals surface area contributed by atoms with Gasteiger partial charge in [-0.25, -0.2) is 0 Å². The molecule has 4 nitrogen and oxygen atoms in total. The van der Waals surface area contributed by atoms with Crippen LogP contribution in [0.2, 0.25) is 0 Å². The number of likely N-dealkylation sites (tertiary alicyclic amines) is 1. The molecular weight excluding hydrogens is 218 g/mol. The molecule has 1 amide bonds. The molecule has 0 bridgehead atoms. The highest BCUT2D eigenvalue weighted by molar-refractivity contribution is 5.78. The summed E-state index contributed by atoms with van der Waals surface area (Å²) in [5.41, 5.74) is 0. The van der Waals surface area contributed by atoms with Gasteiger partial charge in [0.15, 0.2) is 0 Å². The molecule has 4 heteroatoms. The van der Waals surface area contributed by atoms with Crippen LogP contribution in [0.25, 0.3) is 0 Å². The van der Waals surface area contributed by atoms with E-state index < -0.39 is 5.97 Å². The van der Waals surface area contributed by atoms with Crippen LogP contribution >= 0.6 is 0 Å². The Kier molecular flexibility index (Phi) is 7.59. The van der Waals surface area contributed by atoms with Gasteiger partial charge in [-0.3, -0.25) is 9.59 Å². The lowest BCUT2D eigenvalue weighted by molar-refractivity contribution is -0.141. The molecule has 2 unspecified atom stereocenters. The van der Waals surface area contributed by atoms with Crippen molar-refractivity contribution in [3.05, 3.63) is 0 Å². The maximum atomic E-state index is 11.1. The predicted octanol–water partition coefficient (Wildman–Crippen LogP) is 2.52. The summed E-state index contributed by atoms with van der Waals surface area (Å²) in [6.45, 7) is 8.77. The Bertz CT molecular complexity index is 253. The van der Waals surface area contributed by atoms with Crippen LogP contribution < -0.4 is 0 Å². The summed E-state index contributed by atoms with van der Waals surface area (Å²) >= 11 is 0. The van der Waals surface area contributed by atoms with E-state index >= 15 is 0 Å². The maximum absolute atomic E-state index is 11.1. The smallest absolute Gasteiger partial charge is 0.306 e. The highest BCUT2D eigenvalue weighted by Gasteiger charge is 2.23. The molecule has 0 spiro atoms. The number of hydrogen-bond donors (Lipinski definition) is 1. The van der Waals surface area contributed by atoms with E-state index in [1.54, 1.807) is 6.92 Å². The SMILES string of the molecule is CCC(C)C(=O)O.CCC(C)N1CCCC1=O. The Morgan fingerprint density at radius 3 is 2.18 bits per heavy atom. The zero-order valence-electron chi connectivity index (χ0n) is 11.4. The fraction of sp³-hybridized carbons (Fsp3) is 0.846. The second-order valence-electron chi connectivity index (χ2n) is 4.60. The molecule has 17 heavy (non-hydrogen) atoms. The average molecular weight is 243 g/mol. The topological polar surface area (TPSA) is 57.6 Å². The minimum atomic E-state index is -0.706. The quantitative estimate of drug-likeness (QED) is 0.825. The first kappa shape index (κ1) is 15.9. The largest absolute Gasteiger partial charge is 0.481 e. The van der Waals surface area contributed by atoms with Crippen molar-refractivity contribution >= 4 is 11.9 Å². The monoisotopic (exact) mass is 243 g/mol. The molecule has 1 saturated heterocycles. The molecule has 0 radical (unpaired) electrons. The van der Waals surface area contributed by atoms with E-state index in [0.717, 1.165) is 32.2 Å². The Labute approximate surface area is 104 Å². The number of aliphatic carboxylic acids is 1. The molecule has 0 aromatic rings. The van der Waals surface area contributed by atoms with Gasteiger partial charge in [-0.05, 0) is 26.2 Å². The van der Waals surface area contributed by atoms with E-state index in [2.05, 4.69) is 13.8 Å². The minimum absolute atomic E-state index is 0.181. The number of carboxylic acid groups (broad SMARTS) is 1. The Morgan fingerprint density at radius 2 is 1.94 bits per heavy atom. The van der Waals surface area contributed by atoms with Crippen molar-refractivity contribution in [1.29, 1.82) is 0 Å². The van der Waals surface area contributed by atoms with E-state index in [0.29, 0.717) is 11.9 Å². The van der Waals surface area contributed by atoms with Crippen LogP contribution in [-0.4, -0.2) is 34.5 Å². The van der Waals surface area contributed by atoms with Gasteiger partial charge in [-0.2, -0.15) is 0 Å². The molecule has 0 aliphatic carbocycles. The van der Waals surface area contributed by atoms with Crippen molar-refractivity contribution in [3.63, 3.8) is 0 Å². The third-order valence-corrected chi connectivity index (χ3v) is 3.27. The molecule has 0 aromatic heterocycles. The van der Waals surface area contributed by atoms with Crippen molar-refractivity contribution in [2.24, 2.45) is 5.92 Å². The van der Waals surface area contributed by atoms with Gasteiger partial charge in [-0.1, -0.05) is 20.8 Å². The molecule has 100 valence electrons. The first-order valence-corrected chi connectivity index (χ1v) is 6.46. The number of hydrogen-bond acceptors (Lipinski definition) is 2. The fourth-order valence-corrected chi connectivity index (χ4v) is 1.53. The predicted molar refractivity (Wildman–Crippen MR) is 67.8 cm³/mol. The van der Waals surface area contributed by atoms with Crippen molar-refractivity contribution in [2.75, 3.05) is 6.54 Å². The molecule has 2 atom stereocenters. The second-order valence-corrected chi connectivity index (χ2v) is 4.60. The summed E-state index contributed by atoms with van der Waals surface area (Å²) in [4.78, 5) is 23.0. The van der Waals surface area contributed by atoms with Gasteiger partial charge in [-0.15, -0.1) is 0 Å². The minimum Gasteiger partial charge on any atom is -0.481 e. The first-order chi connectivity index (χ1) is 7.93. The number of nitrogens with zero attached hydrogens (tertiary/aromatic N) is 1. The van der Waals surface area contributed by atoms with Crippen LogP contribution in [0, 0.1) is 5.92 Å². The zero-order chi connectivity index (χ0) is 13.4. The van der Waals surface area contributed by atoms with Crippen LogP contribution in [0.4, 0.5) is 0 Å². The lowest BCUT2D eigenvalue weighted by Gasteiger charge is -2.22. The van der Waals surface area contributed by atoms with E-state index in [1.165, 1.54) is 0 Å². The van der Waals surface area contributed by atoms with Crippen LogP contribution in [-0.2, 0) is 9.59 Å². The van der Waals surface area contributed by atoms with Crippen molar-refractivity contribution in [3.8, 4) is 0 Å². The highest BCUT2D eigenvalue weighted by atomic mass is 16.4. The van der Waals surface area contributed by atoms with Crippen LogP contribution in [0.15, 0.2) is 0 Å². The number of carbonyl (C=O) groups excluding carboxylic acids is 1. The summed E-state index contributed by atoms with van der Waals surface area (Å²) in [6, 6.07) is 0.454. The average Bonchev–Trinajstić information content (AvgIpc) is 2.74. The third kappa shape index (κ3) is 5.71. The number of carboxylic acids is 1. The summed E-state index contributed by atoms with van der Waals surface area (Å²) < 4.78 is 0. The number of carbonyl (C=O) groups is 2. The molecule has 1 N–H and O–H groups in total. The standard InChI is InChI=1S/C8H15NO.C5H10O2/c1-3-7(2)9-6-4-5-8(9)10;1-3-4(2)5(6)7/h7H,3-6H2,1-2H3;4H,3H2,1-2H3,(H,6,7). The van der Waals surface area contributed by atoms with Crippen LogP contribution in [0.1, 0.15) is 53.4 Å². The van der Waals surface area contributed by atoms with Gasteiger partial charge in [0.05, 0.1) is 5.92 Å². The van der Waals surface area contributed by atoms with E-state index in [-0.39, 0.29) is 5.92 Å². The highest BCUT2D eigenvalue weighted by Crippen LogP contribution is 2.14. The van der Waals surface area contributed by atoms with Gasteiger partial charge in [0.1, 0.15) is 0 Å². The van der Waals surface area contributed by atoms with Crippen LogP contribution in [0.3, 0.4) is 0 Å². The normalized spacial score (nSPS) is 18.4. The number of rotatable bonds is 4. The summed E-state index contributed by atoms with van der Waals surface area (Å²) in [7, 11) is 0. The second kappa shape index (κ2) is 8.09. The van der Waals surface area contributed by atoms with Gasteiger partial charge >= 0.3 is 5.97 Å². The molecule has 1 aliphatic heterocycles. The van der Waals surface area contributed by atoms with Gasteiger partial charge < -0.3 is 10.0 Å². The maximum Gasteiger partial charge on any atom is 0.306 e. The van der Waals surface area contributed by atoms with Crippen molar-refractivity contribution in [1.82, 2.24) is 4.90 Å². The fourth-order valence-electron chi connectivity index (χ4n) is 1.53. The van der Waals surface area contributed by atoms with Crippen molar-refractivity contribution < 1.29 is 14.7 Å². The number of amides is 1. The van der Waals surface area contributed by atoms with E-state index in [4.69, 9.17) is 5.11 Å². The summed E-state index contributed by atoms with van der Waals surface area (Å²) in [6.07, 6.45) is 3.62. The third-order valence-electron chi connectivity index (χ3n) is 3.27. The molecule has 0 saturated carbocycles. The zero-order valence-corrected chi connectivity index (χ0v) is 11.4. The lowest BCUT2D eigenvalue weighted by Crippen LogP contribution is -2.33. The summed E-state index contributed by atoms with van der Waals surface area (Å²) in [5, 5.41) is 8.18. The van der Waals surface area contributed by atoms with Gasteiger partial charge in [0, 0.05) is 19.0 Å². The lowest BCUT2D eigenvalue weighted by atomic mass is 10.1. The molecule has 0 aromatic carbocycles. The van der Waals surface area contributed by atoms with Gasteiger partial charge in [0.2, 0.25) is 5.91 Å². The Morgan fingerprint density at radius 1 is 1.35 bits per heavy atom. The van der Waals surface area contributed by atoms with Gasteiger partial charge in [0.25, 0.3) is 0 Å². The molecular formula is C13H25NO3.